The van der Waals surface area contributed by atoms with Gasteiger partial charge in [-0.2, -0.15) is 0 Å². The molecule has 1 aromatic carbocycles. The van der Waals surface area contributed by atoms with E-state index in [1.54, 1.807) is 12.3 Å². The van der Waals surface area contributed by atoms with E-state index in [1.807, 2.05) is 24.4 Å². The minimum absolute atomic E-state index is 0.0939. The third kappa shape index (κ3) is 4.33. The molecule has 128 valence electrons. The van der Waals surface area contributed by atoms with Gasteiger partial charge < -0.3 is 16.0 Å². The van der Waals surface area contributed by atoms with Crippen molar-refractivity contribution in [2.24, 2.45) is 5.73 Å². The minimum atomic E-state index is -0.152. The summed E-state index contributed by atoms with van der Waals surface area (Å²) in [6.07, 6.45) is 7.62. The van der Waals surface area contributed by atoms with E-state index in [0.29, 0.717) is 6.54 Å². The first-order valence-electron chi connectivity index (χ1n) is 8.32. The molecule has 0 saturated heterocycles. The van der Waals surface area contributed by atoms with Gasteiger partial charge in [0.1, 0.15) is 5.65 Å². The number of carbonyl (C=O) groups excluding carboxylic acids is 1. The first kappa shape index (κ1) is 16.9. The molecular weight excluding hydrogens is 312 g/mol. The molecule has 1 atom stereocenters. The number of aromatic nitrogens is 2. The Kier molecular flexibility index (Phi) is 5.26. The maximum atomic E-state index is 12.2. The molecule has 3 rings (SSSR count). The third-order valence-corrected chi connectivity index (χ3v) is 4.09. The van der Waals surface area contributed by atoms with Crippen molar-refractivity contribution < 1.29 is 4.79 Å². The van der Waals surface area contributed by atoms with Crippen LogP contribution in [0.4, 0.5) is 0 Å². The van der Waals surface area contributed by atoms with Gasteiger partial charge in [-0.05, 0) is 37.1 Å². The zero-order valence-corrected chi connectivity index (χ0v) is 14.2. The largest absolute Gasteiger partial charge is 0.348 e. The van der Waals surface area contributed by atoms with Gasteiger partial charge in [-0.1, -0.05) is 29.8 Å². The maximum absolute atomic E-state index is 12.2. The zero-order chi connectivity index (χ0) is 17.6. The Hall–Kier alpha value is -2.92. The van der Waals surface area contributed by atoms with Gasteiger partial charge in [0.2, 0.25) is 5.91 Å². The molecule has 4 N–H and O–H groups in total. The van der Waals surface area contributed by atoms with Crippen molar-refractivity contribution in [2.45, 2.75) is 19.4 Å². The van der Waals surface area contributed by atoms with Crippen LogP contribution >= 0.6 is 0 Å². The molecule has 1 amide bonds. The standard InChI is InChI=1S/C20H22N4O/c1-14-4-2-5-15(10-14)11-17(12-21)24-19(25)8-7-16-13-23-20-18(16)6-3-9-22-20/h2-10,13,17H,11-12,21H2,1H3,(H,22,23)(H,24,25)/b8-7+/t17-/m0/s1. The number of aryl methyl sites for hydroxylation is 1. The molecular formula is C20H22N4O. The third-order valence-electron chi connectivity index (χ3n) is 4.09. The molecule has 3 aromatic rings. The summed E-state index contributed by atoms with van der Waals surface area (Å²) in [7, 11) is 0. The number of rotatable bonds is 6. The maximum Gasteiger partial charge on any atom is 0.244 e. The lowest BCUT2D eigenvalue weighted by Gasteiger charge is -2.16. The van der Waals surface area contributed by atoms with Gasteiger partial charge in [0.05, 0.1) is 0 Å². The molecule has 0 radical (unpaired) electrons. The van der Waals surface area contributed by atoms with E-state index in [9.17, 15) is 4.79 Å². The summed E-state index contributed by atoms with van der Waals surface area (Å²) in [5, 5.41) is 3.96. The first-order chi connectivity index (χ1) is 12.2. The van der Waals surface area contributed by atoms with Gasteiger partial charge in [0.25, 0.3) is 0 Å². The summed E-state index contributed by atoms with van der Waals surface area (Å²) in [6, 6.07) is 12.0. The number of carbonyl (C=O) groups is 1. The molecule has 0 unspecified atom stereocenters. The number of pyridine rings is 1. The Morgan fingerprint density at radius 1 is 1.36 bits per heavy atom. The predicted octanol–water partition coefficient (Wildman–Crippen LogP) is 2.57. The van der Waals surface area contributed by atoms with Crippen molar-refractivity contribution >= 4 is 23.0 Å². The highest BCUT2D eigenvalue weighted by atomic mass is 16.1. The van der Waals surface area contributed by atoms with Crippen molar-refractivity contribution in [2.75, 3.05) is 6.54 Å². The van der Waals surface area contributed by atoms with E-state index in [-0.39, 0.29) is 11.9 Å². The lowest BCUT2D eigenvalue weighted by Crippen LogP contribution is -2.40. The Morgan fingerprint density at radius 3 is 3.04 bits per heavy atom. The van der Waals surface area contributed by atoms with E-state index < -0.39 is 0 Å². The van der Waals surface area contributed by atoms with Gasteiger partial charge in [0, 0.05) is 42.0 Å². The molecule has 0 spiro atoms. The highest BCUT2D eigenvalue weighted by molar-refractivity contribution is 5.95. The van der Waals surface area contributed by atoms with Gasteiger partial charge in [-0.15, -0.1) is 0 Å². The number of benzene rings is 1. The normalized spacial score (nSPS) is 12.6. The highest BCUT2D eigenvalue weighted by Gasteiger charge is 2.10. The summed E-state index contributed by atoms with van der Waals surface area (Å²) in [5.41, 5.74) is 9.93. The van der Waals surface area contributed by atoms with Crippen LogP contribution in [0.5, 0.6) is 0 Å². The zero-order valence-electron chi connectivity index (χ0n) is 14.2. The average Bonchev–Trinajstić information content (AvgIpc) is 3.02. The Labute approximate surface area is 147 Å². The highest BCUT2D eigenvalue weighted by Crippen LogP contribution is 2.16. The fraction of sp³-hybridized carbons (Fsp3) is 0.200. The number of aromatic amines is 1. The number of fused-ring (bicyclic) bond motifs is 1. The van der Waals surface area contributed by atoms with Crippen LogP contribution in [0.2, 0.25) is 0 Å². The molecule has 25 heavy (non-hydrogen) atoms. The van der Waals surface area contributed by atoms with E-state index in [0.717, 1.165) is 23.0 Å². The Balaban J connectivity index is 1.64. The minimum Gasteiger partial charge on any atom is -0.348 e. The van der Waals surface area contributed by atoms with Gasteiger partial charge in [0.15, 0.2) is 0 Å². The second kappa shape index (κ2) is 7.77. The fourth-order valence-electron chi connectivity index (χ4n) is 2.85. The lowest BCUT2D eigenvalue weighted by atomic mass is 10.0. The molecule has 0 aliphatic carbocycles. The van der Waals surface area contributed by atoms with Crippen LogP contribution < -0.4 is 11.1 Å². The molecule has 5 heteroatoms. The lowest BCUT2D eigenvalue weighted by molar-refractivity contribution is -0.117. The Bertz CT molecular complexity index is 897. The van der Waals surface area contributed by atoms with Crippen molar-refractivity contribution in [1.82, 2.24) is 15.3 Å². The number of hydrogen-bond donors (Lipinski definition) is 3. The fourth-order valence-corrected chi connectivity index (χ4v) is 2.85. The van der Waals surface area contributed by atoms with Crippen LogP contribution in [0, 0.1) is 6.92 Å². The monoisotopic (exact) mass is 334 g/mol. The summed E-state index contributed by atoms with van der Waals surface area (Å²) in [5.74, 6) is -0.152. The molecule has 0 fully saturated rings. The van der Waals surface area contributed by atoms with Crippen molar-refractivity contribution in [1.29, 1.82) is 0 Å². The van der Waals surface area contributed by atoms with Crippen LogP contribution in [0.3, 0.4) is 0 Å². The van der Waals surface area contributed by atoms with Gasteiger partial charge in [-0.25, -0.2) is 4.98 Å². The molecule has 0 saturated carbocycles. The first-order valence-corrected chi connectivity index (χ1v) is 8.32. The van der Waals surface area contributed by atoms with E-state index in [1.165, 1.54) is 17.2 Å². The molecule has 5 nitrogen and oxygen atoms in total. The van der Waals surface area contributed by atoms with Crippen LogP contribution in [0.1, 0.15) is 16.7 Å². The molecule has 0 aliphatic heterocycles. The smallest absolute Gasteiger partial charge is 0.244 e. The molecule has 2 aromatic heterocycles. The van der Waals surface area contributed by atoms with E-state index >= 15 is 0 Å². The van der Waals surface area contributed by atoms with Crippen LogP contribution in [-0.4, -0.2) is 28.5 Å². The SMILES string of the molecule is Cc1cccc(C[C@@H](CN)NC(=O)/C=C/c2c[nH]c3ncccc23)c1. The van der Waals surface area contributed by atoms with Gasteiger partial charge in [-0.3, -0.25) is 4.79 Å². The Morgan fingerprint density at radius 2 is 2.24 bits per heavy atom. The average molecular weight is 334 g/mol. The molecule has 0 aliphatic rings. The topological polar surface area (TPSA) is 83.8 Å². The van der Waals surface area contributed by atoms with Crippen molar-refractivity contribution in [3.8, 4) is 0 Å². The van der Waals surface area contributed by atoms with Crippen molar-refractivity contribution in [3.05, 3.63) is 71.6 Å². The van der Waals surface area contributed by atoms with Crippen molar-refractivity contribution in [3.63, 3.8) is 0 Å². The molecule has 2 heterocycles. The van der Waals surface area contributed by atoms with Crippen LogP contribution in [0.15, 0.2) is 54.9 Å². The second-order valence-corrected chi connectivity index (χ2v) is 6.11. The number of H-pyrrole nitrogens is 1. The predicted molar refractivity (Wildman–Crippen MR) is 101 cm³/mol. The quantitative estimate of drug-likeness (QED) is 0.606. The molecule has 0 bridgehead atoms. The second-order valence-electron chi connectivity index (χ2n) is 6.11. The number of nitrogens with one attached hydrogen (secondary N) is 2. The summed E-state index contributed by atoms with van der Waals surface area (Å²) in [6.45, 7) is 2.45. The summed E-state index contributed by atoms with van der Waals surface area (Å²) < 4.78 is 0. The van der Waals surface area contributed by atoms with E-state index in [4.69, 9.17) is 5.73 Å². The number of amides is 1. The number of nitrogens with zero attached hydrogens (tertiary/aromatic N) is 1. The number of nitrogens with two attached hydrogens (primary N) is 1. The summed E-state index contributed by atoms with van der Waals surface area (Å²) >= 11 is 0. The van der Waals surface area contributed by atoms with Crippen LogP contribution in [-0.2, 0) is 11.2 Å². The van der Waals surface area contributed by atoms with E-state index in [2.05, 4.69) is 40.4 Å². The van der Waals surface area contributed by atoms with Crippen LogP contribution in [0.25, 0.3) is 17.1 Å². The van der Waals surface area contributed by atoms with Gasteiger partial charge >= 0.3 is 0 Å². The number of hydrogen-bond acceptors (Lipinski definition) is 3. The summed E-state index contributed by atoms with van der Waals surface area (Å²) in [4.78, 5) is 19.5.